The van der Waals surface area contributed by atoms with Crippen LogP contribution in [0.2, 0.25) is 0 Å². The van der Waals surface area contributed by atoms with Gasteiger partial charge in [0.05, 0.1) is 17.9 Å². The Morgan fingerprint density at radius 3 is 2.42 bits per heavy atom. The molecule has 0 aliphatic heterocycles. The summed E-state index contributed by atoms with van der Waals surface area (Å²) in [7, 11) is 0. The molecule has 0 unspecified atom stereocenters. The second-order valence-corrected chi connectivity index (χ2v) is 6.29. The lowest BCUT2D eigenvalue weighted by molar-refractivity contribution is 0.0526. The van der Waals surface area contributed by atoms with E-state index >= 15 is 0 Å². The molecule has 0 radical (unpaired) electrons. The molecule has 132 valence electrons. The van der Waals surface area contributed by atoms with Gasteiger partial charge in [0, 0.05) is 16.9 Å². The summed E-state index contributed by atoms with van der Waals surface area (Å²) in [6.45, 7) is 2.02. The number of hydrogen-bond donors (Lipinski definition) is 2. The highest BCUT2D eigenvalue weighted by atomic mass is 32.1. The Kier molecular flexibility index (Phi) is 5.58. The maximum atomic E-state index is 12.6. The number of hydrogen-bond acceptors (Lipinski definition) is 4. The molecule has 0 bridgehead atoms. The third-order valence-electron chi connectivity index (χ3n) is 4.05. The zero-order valence-corrected chi connectivity index (χ0v) is 15.3. The van der Waals surface area contributed by atoms with Crippen molar-refractivity contribution in [3.05, 3.63) is 87.7 Å². The van der Waals surface area contributed by atoms with Crippen LogP contribution in [0.1, 0.15) is 28.4 Å². The quantitative estimate of drug-likeness (QED) is 0.529. The molecule has 0 spiro atoms. The summed E-state index contributed by atoms with van der Waals surface area (Å²) in [5, 5.41) is 0. The van der Waals surface area contributed by atoms with Crippen LogP contribution in [0.3, 0.4) is 0 Å². The first-order valence-electron chi connectivity index (χ1n) is 8.35. The second-order valence-electron chi connectivity index (χ2n) is 5.80. The van der Waals surface area contributed by atoms with Gasteiger partial charge >= 0.3 is 5.97 Å². The molecule has 4 nitrogen and oxygen atoms in total. The lowest BCUT2D eigenvalue weighted by Crippen LogP contribution is -2.19. The van der Waals surface area contributed by atoms with Crippen LogP contribution >= 0.6 is 12.6 Å². The van der Waals surface area contributed by atoms with Gasteiger partial charge < -0.3 is 9.72 Å². The highest BCUT2D eigenvalue weighted by Crippen LogP contribution is 2.23. The lowest BCUT2D eigenvalue weighted by atomic mass is 10.0. The summed E-state index contributed by atoms with van der Waals surface area (Å²) < 4.78 is 5.18. The Bertz CT molecular complexity index is 980. The van der Waals surface area contributed by atoms with Gasteiger partial charge in [0.15, 0.2) is 0 Å². The van der Waals surface area contributed by atoms with Crippen molar-refractivity contribution in [3.8, 4) is 11.3 Å². The summed E-state index contributed by atoms with van der Waals surface area (Å²) in [5.74, 6) is -0.456. The van der Waals surface area contributed by atoms with E-state index in [0.29, 0.717) is 23.2 Å². The lowest BCUT2D eigenvalue weighted by Gasteiger charge is -2.12. The summed E-state index contributed by atoms with van der Waals surface area (Å²) in [6.07, 6.45) is 0.385. The smallest absolute Gasteiger partial charge is 0.340 e. The van der Waals surface area contributed by atoms with Crippen LogP contribution in [-0.4, -0.2) is 17.6 Å². The van der Waals surface area contributed by atoms with Crippen molar-refractivity contribution in [1.29, 1.82) is 0 Å². The highest BCUT2D eigenvalue weighted by molar-refractivity contribution is 7.80. The first kappa shape index (κ1) is 18.0. The number of carbonyl (C=O) groups is 1. The topological polar surface area (TPSA) is 59.2 Å². The molecular weight excluding hydrogens is 346 g/mol. The minimum atomic E-state index is -0.456. The SMILES string of the molecule is CCOC(=O)c1cc(Cc2ccccc2S)c(=O)[nH]c1-c1ccccc1. The molecule has 5 heteroatoms. The van der Waals surface area contributed by atoms with Gasteiger partial charge in [-0.2, -0.15) is 0 Å². The number of benzene rings is 2. The molecule has 2 aromatic carbocycles. The molecule has 0 amide bonds. The predicted molar refractivity (Wildman–Crippen MR) is 105 cm³/mol. The molecule has 0 atom stereocenters. The molecule has 1 heterocycles. The number of esters is 1. The van der Waals surface area contributed by atoms with Crippen LogP contribution < -0.4 is 5.56 Å². The highest BCUT2D eigenvalue weighted by Gasteiger charge is 2.18. The molecular formula is C21H19NO3S. The van der Waals surface area contributed by atoms with Crippen LogP contribution in [0.4, 0.5) is 0 Å². The molecule has 3 aromatic rings. The Morgan fingerprint density at radius 2 is 1.73 bits per heavy atom. The molecule has 0 saturated carbocycles. The van der Waals surface area contributed by atoms with E-state index in [1.54, 1.807) is 13.0 Å². The van der Waals surface area contributed by atoms with E-state index in [4.69, 9.17) is 4.74 Å². The fourth-order valence-corrected chi connectivity index (χ4v) is 3.01. The van der Waals surface area contributed by atoms with E-state index in [1.807, 2.05) is 54.6 Å². The average Bonchev–Trinajstić information content (AvgIpc) is 2.65. The van der Waals surface area contributed by atoms with Crippen LogP contribution in [0.5, 0.6) is 0 Å². The van der Waals surface area contributed by atoms with Gasteiger partial charge in [-0.1, -0.05) is 48.5 Å². The largest absolute Gasteiger partial charge is 0.462 e. The Hall–Kier alpha value is -2.79. The van der Waals surface area contributed by atoms with Crippen molar-refractivity contribution in [2.24, 2.45) is 0 Å². The summed E-state index contributed by atoms with van der Waals surface area (Å²) >= 11 is 4.44. The van der Waals surface area contributed by atoms with Gasteiger partial charge in [0.1, 0.15) is 0 Å². The molecule has 1 N–H and O–H groups in total. The zero-order valence-electron chi connectivity index (χ0n) is 14.4. The van der Waals surface area contributed by atoms with Crippen molar-refractivity contribution in [3.63, 3.8) is 0 Å². The molecule has 0 aliphatic rings. The number of thiol groups is 1. The maximum absolute atomic E-state index is 12.6. The third kappa shape index (κ3) is 3.89. The Labute approximate surface area is 157 Å². The maximum Gasteiger partial charge on any atom is 0.340 e. The molecule has 26 heavy (non-hydrogen) atoms. The van der Waals surface area contributed by atoms with Gasteiger partial charge in [-0.3, -0.25) is 4.79 Å². The van der Waals surface area contributed by atoms with E-state index in [9.17, 15) is 9.59 Å². The van der Waals surface area contributed by atoms with Crippen molar-refractivity contribution < 1.29 is 9.53 Å². The number of pyridine rings is 1. The fourth-order valence-electron chi connectivity index (χ4n) is 2.77. The molecule has 0 aliphatic carbocycles. The fraction of sp³-hybridized carbons (Fsp3) is 0.143. The van der Waals surface area contributed by atoms with E-state index in [-0.39, 0.29) is 12.2 Å². The molecule has 0 fully saturated rings. The standard InChI is InChI=1S/C21H19NO3S/c1-2-25-21(24)17-13-16(12-15-10-6-7-11-18(15)26)20(23)22-19(17)14-8-4-3-5-9-14/h3-11,13,26H,2,12H2,1H3,(H,22,23). The molecule has 1 aromatic heterocycles. The van der Waals surface area contributed by atoms with Crippen molar-refractivity contribution in [2.75, 3.05) is 6.61 Å². The number of aromatic nitrogens is 1. The van der Waals surface area contributed by atoms with Crippen molar-refractivity contribution in [2.45, 2.75) is 18.2 Å². The van der Waals surface area contributed by atoms with Crippen LogP contribution in [-0.2, 0) is 11.2 Å². The molecule has 3 rings (SSSR count). The Balaban J connectivity index is 2.11. The first-order valence-corrected chi connectivity index (χ1v) is 8.80. The minimum absolute atomic E-state index is 0.228. The zero-order chi connectivity index (χ0) is 18.5. The van der Waals surface area contributed by atoms with Crippen LogP contribution in [0.15, 0.2) is 70.4 Å². The monoisotopic (exact) mass is 365 g/mol. The molecule has 0 saturated heterocycles. The van der Waals surface area contributed by atoms with Crippen molar-refractivity contribution >= 4 is 18.6 Å². The van der Waals surface area contributed by atoms with Gasteiger partial charge in [-0.25, -0.2) is 4.79 Å². The van der Waals surface area contributed by atoms with Crippen LogP contribution in [0, 0.1) is 0 Å². The van der Waals surface area contributed by atoms with Gasteiger partial charge in [-0.05, 0) is 30.2 Å². The number of carbonyl (C=O) groups excluding carboxylic acids is 1. The second kappa shape index (κ2) is 8.06. The normalized spacial score (nSPS) is 10.5. The summed E-state index contributed by atoms with van der Waals surface area (Å²) in [6, 6.07) is 18.5. The first-order chi connectivity index (χ1) is 12.6. The number of nitrogens with one attached hydrogen (secondary N) is 1. The summed E-state index contributed by atoms with van der Waals surface area (Å²) in [4.78, 5) is 28.8. The van der Waals surface area contributed by atoms with E-state index < -0.39 is 5.97 Å². The Morgan fingerprint density at radius 1 is 1.04 bits per heavy atom. The average molecular weight is 365 g/mol. The third-order valence-corrected chi connectivity index (χ3v) is 4.48. The van der Waals surface area contributed by atoms with Gasteiger partial charge in [-0.15, -0.1) is 12.6 Å². The number of rotatable bonds is 5. The number of H-pyrrole nitrogens is 1. The number of ether oxygens (including phenoxy) is 1. The minimum Gasteiger partial charge on any atom is -0.462 e. The van der Waals surface area contributed by atoms with E-state index in [0.717, 1.165) is 16.0 Å². The predicted octanol–water partition coefficient (Wildman–Crippen LogP) is 4.10. The number of aromatic amines is 1. The van der Waals surface area contributed by atoms with Gasteiger partial charge in [0.2, 0.25) is 0 Å². The van der Waals surface area contributed by atoms with Crippen molar-refractivity contribution in [1.82, 2.24) is 4.98 Å². The van der Waals surface area contributed by atoms with E-state index in [2.05, 4.69) is 17.6 Å². The summed E-state index contributed by atoms with van der Waals surface area (Å²) in [5.41, 5.74) is 2.77. The van der Waals surface area contributed by atoms with Gasteiger partial charge in [0.25, 0.3) is 5.56 Å². The van der Waals surface area contributed by atoms with E-state index in [1.165, 1.54) is 0 Å². The van der Waals surface area contributed by atoms with Crippen LogP contribution in [0.25, 0.3) is 11.3 Å².